The van der Waals surface area contributed by atoms with Crippen molar-refractivity contribution in [2.75, 3.05) is 5.32 Å². The first-order valence-corrected chi connectivity index (χ1v) is 7.31. The van der Waals surface area contributed by atoms with E-state index in [2.05, 4.69) is 5.32 Å². The first kappa shape index (κ1) is 12.1. The van der Waals surface area contributed by atoms with Gasteiger partial charge in [-0.25, -0.2) is 4.39 Å². The fraction of sp³-hybridized carbons (Fsp3) is 0.500. The molecule has 0 radical (unpaired) electrons. The summed E-state index contributed by atoms with van der Waals surface area (Å²) < 4.78 is 14.1. The van der Waals surface area contributed by atoms with Gasteiger partial charge in [-0.05, 0) is 48.8 Å². The van der Waals surface area contributed by atoms with E-state index in [0.29, 0.717) is 30.4 Å². The summed E-state index contributed by atoms with van der Waals surface area (Å²) in [4.78, 5) is 23.8. The van der Waals surface area contributed by atoms with Crippen LogP contribution in [0.25, 0.3) is 0 Å². The number of fused-ring (bicyclic) bond motifs is 2. The number of rotatable bonds is 2. The van der Waals surface area contributed by atoms with E-state index in [9.17, 15) is 14.0 Å². The van der Waals surface area contributed by atoms with Crippen molar-refractivity contribution < 1.29 is 14.0 Å². The predicted octanol–water partition coefficient (Wildman–Crippen LogP) is 2.94. The minimum atomic E-state index is -0.499. The zero-order valence-corrected chi connectivity index (χ0v) is 11.1. The van der Waals surface area contributed by atoms with Gasteiger partial charge in [0, 0.05) is 18.0 Å². The Bertz CT molecular complexity index is 615. The predicted molar refractivity (Wildman–Crippen MR) is 72.0 cm³/mol. The largest absolute Gasteiger partial charge is 0.326 e. The summed E-state index contributed by atoms with van der Waals surface area (Å²) in [6.07, 6.45) is 4.42. The quantitative estimate of drug-likeness (QED) is 0.842. The Morgan fingerprint density at radius 2 is 1.95 bits per heavy atom. The minimum absolute atomic E-state index is 0.0306. The molecular formula is C16H16FNO2. The van der Waals surface area contributed by atoms with E-state index in [1.165, 1.54) is 12.5 Å². The smallest absolute Gasteiger partial charge is 0.224 e. The number of ketones is 1. The molecule has 4 rings (SSSR count). The Hall–Kier alpha value is -1.71. The van der Waals surface area contributed by atoms with Crippen molar-refractivity contribution in [1.29, 1.82) is 0 Å². The van der Waals surface area contributed by atoms with Gasteiger partial charge in [0.25, 0.3) is 0 Å². The van der Waals surface area contributed by atoms with Gasteiger partial charge in [-0.1, -0.05) is 6.42 Å². The molecule has 1 aromatic rings. The van der Waals surface area contributed by atoms with Crippen LogP contribution in [0.15, 0.2) is 12.1 Å². The SMILES string of the molecule is O=C1CCc2cc(C(=O)C3C4CCCC43)c(F)cc2N1. The van der Waals surface area contributed by atoms with Crippen LogP contribution >= 0.6 is 0 Å². The van der Waals surface area contributed by atoms with Crippen LogP contribution in [0.5, 0.6) is 0 Å². The fourth-order valence-corrected chi connectivity index (χ4v) is 3.98. The van der Waals surface area contributed by atoms with Crippen LogP contribution in [-0.4, -0.2) is 11.7 Å². The Balaban J connectivity index is 1.65. The van der Waals surface area contributed by atoms with Gasteiger partial charge in [0.1, 0.15) is 5.82 Å². The number of hydrogen-bond donors (Lipinski definition) is 1. The number of anilines is 1. The van der Waals surface area contributed by atoms with Crippen molar-refractivity contribution in [2.24, 2.45) is 17.8 Å². The molecule has 1 amide bonds. The standard InChI is InChI=1S/C16H16FNO2/c17-12-7-13-8(4-5-14(19)18-13)6-11(12)16(20)15-9-2-1-3-10(9)15/h6-7,9-10,15H,1-5H2,(H,18,19). The topological polar surface area (TPSA) is 46.2 Å². The summed E-state index contributed by atoms with van der Waals surface area (Å²) in [7, 11) is 0. The number of nitrogens with one attached hydrogen (secondary N) is 1. The molecule has 0 aromatic heterocycles. The Labute approximate surface area is 116 Å². The summed E-state index contributed by atoms with van der Waals surface area (Å²) in [5.41, 5.74) is 1.62. The van der Waals surface area contributed by atoms with E-state index in [1.807, 2.05) is 0 Å². The van der Waals surface area contributed by atoms with E-state index in [-0.39, 0.29) is 23.2 Å². The third-order valence-corrected chi connectivity index (χ3v) is 5.06. The van der Waals surface area contributed by atoms with E-state index in [1.54, 1.807) is 6.07 Å². The molecule has 2 unspecified atom stereocenters. The van der Waals surface area contributed by atoms with Crippen molar-refractivity contribution in [1.82, 2.24) is 0 Å². The highest BCUT2D eigenvalue weighted by Crippen LogP contribution is 2.58. The van der Waals surface area contributed by atoms with Crippen LogP contribution in [0.4, 0.5) is 10.1 Å². The molecule has 1 heterocycles. The van der Waals surface area contributed by atoms with Gasteiger partial charge < -0.3 is 5.32 Å². The van der Waals surface area contributed by atoms with Gasteiger partial charge in [-0.2, -0.15) is 0 Å². The molecule has 1 aromatic carbocycles. The number of amides is 1. The first-order chi connectivity index (χ1) is 9.65. The first-order valence-electron chi connectivity index (χ1n) is 7.31. The van der Waals surface area contributed by atoms with Gasteiger partial charge in [0.2, 0.25) is 5.91 Å². The Morgan fingerprint density at radius 3 is 2.70 bits per heavy atom. The second-order valence-corrected chi connectivity index (χ2v) is 6.19. The average Bonchev–Trinajstić information content (AvgIpc) is 2.90. The maximum atomic E-state index is 14.1. The van der Waals surface area contributed by atoms with Gasteiger partial charge in [0.15, 0.2) is 5.78 Å². The van der Waals surface area contributed by atoms with Crippen molar-refractivity contribution in [3.05, 3.63) is 29.1 Å². The van der Waals surface area contributed by atoms with Crippen LogP contribution in [0.2, 0.25) is 0 Å². The second kappa shape index (κ2) is 4.14. The molecule has 2 saturated carbocycles. The summed E-state index contributed by atoms with van der Waals surface area (Å²) >= 11 is 0. The van der Waals surface area contributed by atoms with Crippen molar-refractivity contribution in [3.63, 3.8) is 0 Å². The number of carbonyl (C=O) groups is 2. The Morgan fingerprint density at radius 1 is 1.20 bits per heavy atom. The van der Waals surface area contributed by atoms with Crippen LogP contribution in [0, 0.1) is 23.6 Å². The number of hydrogen-bond acceptors (Lipinski definition) is 2. The molecule has 1 aliphatic heterocycles. The number of carbonyl (C=O) groups excluding carboxylic acids is 2. The third kappa shape index (κ3) is 1.70. The molecule has 0 bridgehead atoms. The average molecular weight is 273 g/mol. The molecule has 4 heteroatoms. The van der Waals surface area contributed by atoms with Gasteiger partial charge in [-0.3, -0.25) is 9.59 Å². The normalized spacial score (nSPS) is 30.4. The number of benzene rings is 1. The summed E-state index contributed by atoms with van der Waals surface area (Å²) in [5.74, 6) is 0.426. The van der Waals surface area contributed by atoms with E-state index in [4.69, 9.17) is 0 Å². The molecule has 3 nitrogen and oxygen atoms in total. The molecule has 0 saturated heterocycles. The maximum absolute atomic E-state index is 14.1. The highest BCUT2D eigenvalue weighted by molar-refractivity contribution is 6.02. The zero-order chi connectivity index (χ0) is 13.9. The Kier molecular flexibility index (Phi) is 2.50. The highest BCUT2D eigenvalue weighted by atomic mass is 19.1. The monoisotopic (exact) mass is 273 g/mol. The lowest BCUT2D eigenvalue weighted by molar-refractivity contribution is -0.116. The molecule has 20 heavy (non-hydrogen) atoms. The molecule has 0 spiro atoms. The maximum Gasteiger partial charge on any atom is 0.224 e. The molecule has 3 aliphatic rings. The molecule has 2 atom stereocenters. The van der Waals surface area contributed by atoms with Gasteiger partial charge >= 0.3 is 0 Å². The van der Waals surface area contributed by atoms with E-state index >= 15 is 0 Å². The summed E-state index contributed by atoms with van der Waals surface area (Å²) in [6.45, 7) is 0. The number of aryl methyl sites for hydroxylation is 1. The lowest BCUT2D eigenvalue weighted by Crippen LogP contribution is -2.20. The molecular weight excluding hydrogens is 257 g/mol. The van der Waals surface area contributed by atoms with Gasteiger partial charge in [0.05, 0.1) is 5.56 Å². The molecule has 104 valence electrons. The van der Waals surface area contributed by atoms with Crippen LogP contribution in [0.3, 0.4) is 0 Å². The lowest BCUT2D eigenvalue weighted by Gasteiger charge is -2.18. The van der Waals surface area contributed by atoms with Crippen LogP contribution in [0.1, 0.15) is 41.6 Å². The number of Topliss-reactive ketones (excluding diaryl/α,β-unsaturated/α-hetero) is 1. The highest BCUT2D eigenvalue weighted by Gasteiger charge is 2.56. The van der Waals surface area contributed by atoms with Crippen molar-refractivity contribution in [2.45, 2.75) is 32.1 Å². The van der Waals surface area contributed by atoms with E-state index in [0.717, 1.165) is 18.4 Å². The third-order valence-electron chi connectivity index (χ3n) is 5.06. The molecule has 1 N–H and O–H groups in total. The zero-order valence-electron chi connectivity index (χ0n) is 11.1. The van der Waals surface area contributed by atoms with Crippen LogP contribution in [-0.2, 0) is 11.2 Å². The minimum Gasteiger partial charge on any atom is -0.326 e. The molecule has 2 aliphatic carbocycles. The van der Waals surface area contributed by atoms with E-state index < -0.39 is 5.82 Å². The summed E-state index contributed by atoms with van der Waals surface area (Å²) in [6, 6.07) is 2.96. The van der Waals surface area contributed by atoms with Crippen LogP contribution < -0.4 is 5.32 Å². The lowest BCUT2D eigenvalue weighted by atomic mass is 9.95. The number of halogens is 1. The van der Waals surface area contributed by atoms with Gasteiger partial charge in [-0.15, -0.1) is 0 Å². The van der Waals surface area contributed by atoms with Crippen molar-refractivity contribution in [3.8, 4) is 0 Å². The molecule has 2 fully saturated rings. The van der Waals surface area contributed by atoms with Crippen molar-refractivity contribution >= 4 is 17.4 Å². The summed E-state index contributed by atoms with van der Waals surface area (Å²) in [5, 5.41) is 2.66. The second-order valence-electron chi connectivity index (χ2n) is 6.19. The fourth-order valence-electron chi connectivity index (χ4n) is 3.98.